The lowest BCUT2D eigenvalue weighted by atomic mass is 9.95. The van der Waals surface area contributed by atoms with E-state index in [1.807, 2.05) is 69.3 Å². The van der Waals surface area contributed by atoms with Gasteiger partial charge >= 0.3 is 0 Å². The summed E-state index contributed by atoms with van der Waals surface area (Å²) in [6.45, 7) is 7.11. The largest absolute Gasteiger partial charge is 0.356 e. The molecule has 0 saturated heterocycles. The van der Waals surface area contributed by atoms with Crippen LogP contribution in [0.25, 0.3) is 0 Å². The summed E-state index contributed by atoms with van der Waals surface area (Å²) >= 11 is 0. The van der Waals surface area contributed by atoms with Gasteiger partial charge in [-0.15, -0.1) is 0 Å². The van der Waals surface area contributed by atoms with Gasteiger partial charge in [0.05, 0.1) is 0 Å². The van der Waals surface area contributed by atoms with Crippen molar-refractivity contribution in [2.24, 2.45) is 5.41 Å². The molecule has 0 spiro atoms. The standard InChI is InChI=1S/C19H23N3O2/c1-13(23)20-14-5-7-15(8-6-14)21-16-9-11-17(12-10-16)22-18(24)19(2,3)4/h5-12,21H,1-4H3,(H,20,23)(H,22,24). The number of hydrogen-bond donors (Lipinski definition) is 3. The topological polar surface area (TPSA) is 70.2 Å². The van der Waals surface area contributed by atoms with Gasteiger partial charge in [-0.25, -0.2) is 0 Å². The highest BCUT2D eigenvalue weighted by Gasteiger charge is 2.20. The van der Waals surface area contributed by atoms with E-state index in [0.29, 0.717) is 0 Å². The Morgan fingerprint density at radius 2 is 1.08 bits per heavy atom. The fourth-order valence-electron chi connectivity index (χ4n) is 1.96. The Kier molecular flexibility index (Phi) is 5.24. The van der Waals surface area contributed by atoms with Gasteiger partial charge in [-0.3, -0.25) is 9.59 Å². The number of anilines is 4. The number of rotatable bonds is 4. The molecule has 0 heterocycles. The van der Waals surface area contributed by atoms with Crippen LogP contribution in [0, 0.1) is 5.41 Å². The molecule has 5 heteroatoms. The van der Waals surface area contributed by atoms with Crippen LogP contribution in [0.3, 0.4) is 0 Å². The molecule has 5 nitrogen and oxygen atoms in total. The summed E-state index contributed by atoms with van der Waals surface area (Å²) in [5.41, 5.74) is 2.92. The van der Waals surface area contributed by atoms with Gasteiger partial charge in [-0.1, -0.05) is 20.8 Å². The summed E-state index contributed by atoms with van der Waals surface area (Å²) in [6.07, 6.45) is 0. The van der Waals surface area contributed by atoms with Gasteiger partial charge < -0.3 is 16.0 Å². The molecular weight excluding hydrogens is 302 g/mol. The number of hydrogen-bond acceptors (Lipinski definition) is 3. The molecule has 0 fully saturated rings. The second kappa shape index (κ2) is 7.17. The van der Waals surface area contributed by atoms with Crippen LogP contribution in [0.2, 0.25) is 0 Å². The average molecular weight is 325 g/mol. The molecule has 2 aromatic rings. The van der Waals surface area contributed by atoms with Crippen LogP contribution >= 0.6 is 0 Å². The maximum absolute atomic E-state index is 12.0. The number of amides is 2. The van der Waals surface area contributed by atoms with Crippen molar-refractivity contribution in [3.63, 3.8) is 0 Å². The van der Waals surface area contributed by atoms with E-state index >= 15 is 0 Å². The van der Waals surface area contributed by atoms with Crippen molar-refractivity contribution in [1.82, 2.24) is 0 Å². The van der Waals surface area contributed by atoms with Gasteiger partial charge in [0.2, 0.25) is 11.8 Å². The fraction of sp³-hybridized carbons (Fsp3) is 0.263. The first kappa shape index (κ1) is 17.5. The predicted molar refractivity (Wildman–Crippen MR) is 98.6 cm³/mol. The highest BCUT2D eigenvalue weighted by Crippen LogP contribution is 2.22. The van der Waals surface area contributed by atoms with E-state index in [0.717, 1.165) is 22.7 Å². The van der Waals surface area contributed by atoms with Crippen molar-refractivity contribution in [3.8, 4) is 0 Å². The summed E-state index contributed by atoms with van der Waals surface area (Å²) in [6, 6.07) is 15.0. The first-order valence-corrected chi connectivity index (χ1v) is 7.80. The summed E-state index contributed by atoms with van der Waals surface area (Å²) in [5, 5.41) is 8.89. The first-order chi connectivity index (χ1) is 11.2. The van der Waals surface area contributed by atoms with E-state index < -0.39 is 5.41 Å². The Bertz CT molecular complexity index is 714. The van der Waals surface area contributed by atoms with Crippen LogP contribution in [-0.4, -0.2) is 11.8 Å². The van der Waals surface area contributed by atoms with E-state index in [9.17, 15) is 9.59 Å². The Hall–Kier alpha value is -2.82. The fourth-order valence-corrected chi connectivity index (χ4v) is 1.96. The molecule has 0 radical (unpaired) electrons. The van der Waals surface area contributed by atoms with Crippen molar-refractivity contribution in [2.75, 3.05) is 16.0 Å². The van der Waals surface area contributed by atoms with Crippen LogP contribution in [0.15, 0.2) is 48.5 Å². The second-order valence-electron chi connectivity index (χ2n) is 6.67. The lowest BCUT2D eigenvalue weighted by molar-refractivity contribution is -0.123. The minimum atomic E-state index is -0.424. The van der Waals surface area contributed by atoms with E-state index in [-0.39, 0.29) is 11.8 Å². The minimum Gasteiger partial charge on any atom is -0.356 e. The molecular formula is C19H23N3O2. The van der Waals surface area contributed by atoms with Gasteiger partial charge in [0.25, 0.3) is 0 Å². The number of benzene rings is 2. The first-order valence-electron chi connectivity index (χ1n) is 7.80. The van der Waals surface area contributed by atoms with Gasteiger partial charge in [-0.2, -0.15) is 0 Å². The van der Waals surface area contributed by atoms with Gasteiger partial charge in [0.1, 0.15) is 0 Å². The van der Waals surface area contributed by atoms with Crippen LogP contribution in [0.1, 0.15) is 27.7 Å². The van der Waals surface area contributed by atoms with Gasteiger partial charge in [0.15, 0.2) is 0 Å². The van der Waals surface area contributed by atoms with Crippen molar-refractivity contribution >= 4 is 34.6 Å². The van der Waals surface area contributed by atoms with E-state index in [1.54, 1.807) is 0 Å². The quantitative estimate of drug-likeness (QED) is 0.781. The second-order valence-corrected chi connectivity index (χ2v) is 6.67. The Labute approximate surface area is 142 Å². The maximum atomic E-state index is 12.0. The summed E-state index contributed by atoms with van der Waals surface area (Å²) < 4.78 is 0. The number of carbonyl (C=O) groups is 2. The molecule has 0 unspecified atom stereocenters. The molecule has 2 rings (SSSR count). The lowest BCUT2D eigenvalue weighted by Gasteiger charge is -2.17. The molecule has 0 bridgehead atoms. The van der Waals surface area contributed by atoms with Crippen LogP contribution in [0.5, 0.6) is 0 Å². The van der Waals surface area contributed by atoms with Crippen molar-refractivity contribution in [1.29, 1.82) is 0 Å². The third-order valence-corrected chi connectivity index (χ3v) is 3.32. The minimum absolute atomic E-state index is 0.0169. The molecule has 2 amide bonds. The Morgan fingerprint density at radius 3 is 1.46 bits per heavy atom. The highest BCUT2D eigenvalue weighted by atomic mass is 16.2. The number of nitrogens with one attached hydrogen (secondary N) is 3. The Balaban J connectivity index is 1.98. The van der Waals surface area contributed by atoms with Crippen LogP contribution in [0.4, 0.5) is 22.7 Å². The third kappa shape index (κ3) is 5.12. The molecule has 2 aromatic carbocycles. The van der Waals surface area contributed by atoms with E-state index in [2.05, 4.69) is 16.0 Å². The van der Waals surface area contributed by atoms with Gasteiger partial charge in [-0.05, 0) is 48.5 Å². The predicted octanol–water partition coefficient (Wildman–Crippen LogP) is 4.37. The molecule has 0 aliphatic rings. The zero-order chi connectivity index (χ0) is 17.7. The molecule has 0 saturated carbocycles. The van der Waals surface area contributed by atoms with Crippen LogP contribution < -0.4 is 16.0 Å². The smallest absolute Gasteiger partial charge is 0.229 e. The molecule has 24 heavy (non-hydrogen) atoms. The molecule has 0 aliphatic heterocycles. The molecule has 0 aliphatic carbocycles. The maximum Gasteiger partial charge on any atom is 0.229 e. The zero-order valence-electron chi connectivity index (χ0n) is 14.4. The van der Waals surface area contributed by atoms with Crippen molar-refractivity contribution < 1.29 is 9.59 Å². The van der Waals surface area contributed by atoms with Crippen molar-refractivity contribution in [2.45, 2.75) is 27.7 Å². The summed E-state index contributed by atoms with van der Waals surface area (Å²) in [5.74, 6) is -0.111. The van der Waals surface area contributed by atoms with E-state index in [4.69, 9.17) is 0 Å². The summed E-state index contributed by atoms with van der Waals surface area (Å²) in [7, 11) is 0. The van der Waals surface area contributed by atoms with E-state index in [1.165, 1.54) is 6.92 Å². The molecule has 0 aromatic heterocycles. The molecule has 0 atom stereocenters. The van der Waals surface area contributed by atoms with Crippen molar-refractivity contribution in [3.05, 3.63) is 48.5 Å². The lowest BCUT2D eigenvalue weighted by Crippen LogP contribution is -2.27. The average Bonchev–Trinajstić information content (AvgIpc) is 2.50. The SMILES string of the molecule is CC(=O)Nc1ccc(Nc2ccc(NC(=O)C(C)(C)C)cc2)cc1. The molecule has 126 valence electrons. The normalized spacial score (nSPS) is 10.8. The monoisotopic (exact) mass is 325 g/mol. The third-order valence-electron chi connectivity index (χ3n) is 3.32. The van der Waals surface area contributed by atoms with Gasteiger partial charge in [0, 0.05) is 35.1 Å². The van der Waals surface area contributed by atoms with Crippen LogP contribution in [-0.2, 0) is 9.59 Å². The zero-order valence-corrected chi connectivity index (χ0v) is 14.4. The summed E-state index contributed by atoms with van der Waals surface area (Å²) in [4.78, 5) is 23.0. The highest BCUT2D eigenvalue weighted by molar-refractivity contribution is 5.94. The number of carbonyl (C=O) groups excluding carboxylic acids is 2. The molecule has 3 N–H and O–H groups in total. The Morgan fingerprint density at radius 1 is 0.708 bits per heavy atom.